The van der Waals surface area contributed by atoms with Gasteiger partial charge in [0.25, 0.3) is 0 Å². The molecule has 2 aromatic carbocycles. The molecule has 6 rings (SSSR count). The smallest absolute Gasteiger partial charge is 0.0974 e. The fourth-order valence-corrected chi connectivity index (χ4v) is 5.03. The Bertz CT molecular complexity index is 1350. The monoisotopic (exact) mass is 374 g/mol. The van der Waals surface area contributed by atoms with Gasteiger partial charge in [-0.05, 0) is 55.0 Å². The molecule has 4 aromatic rings. The minimum Gasteiger partial charge on any atom is -0.251 e. The summed E-state index contributed by atoms with van der Waals surface area (Å²) in [7, 11) is 0. The molecule has 0 spiro atoms. The van der Waals surface area contributed by atoms with Crippen LogP contribution in [0.3, 0.4) is 0 Å². The van der Waals surface area contributed by atoms with E-state index in [0.717, 1.165) is 22.4 Å². The van der Waals surface area contributed by atoms with E-state index in [1.807, 2.05) is 0 Å². The zero-order valence-electron chi connectivity index (χ0n) is 16.7. The Morgan fingerprint density at radius 1 is 0.828 bits per heavy atom. The van der Waals surface area contributed by atoms with Crippen LogP contribution in [-0.4, -0.2) is 9.97 Å². The quantitative estimate of drug-likeness (QED) is 0.377. The zero-order chi connectivity index (χ0) is 19.6. The average Bonchev–Trinajstić information content (AvgIpc) is 3.49. The van der Waals surface area contributed by atoms with Crippen LogP contribution in [0, 0.1) is 19.8 Å². The van der Waals surface area contributed by atoms with Gasteiger partial charge in [-0.2, -0.15) is 0 Å². The van der Waals surface area contributed by atoms with E-state index in [-0.39, 0.29) is 5.41 Å². The highest BCUT2D eigenvalue weighted by molar-refractivity contribution is 6.09. The van der Waals surface area contributed by atoms with Gasteiger partial charge in [-0.15, -0.1) is 0 Å². The third-order valence-corrected chi connectivity index (χ3v) is 6.51. The SMILES string of the molecule is Cc1cc(-c2ccccc2)c2ccc3c(C45C=CC=CC4C5)cc(C)nc3c2n1. The molecule has 2 nitrogen and oxygen atoms in total. The number of benzene rings is 2. The first kappa shape index (κ1) is 16.7. The van der Waals surface area contributed by atoms with Crippen LogP contribution in [0.2, 0.25) is 0 Å². The first-order valence-electron chi connectivity index (χ1n) is 10.3. The second-order valence-corrected chi connectivity index (χ2v) is 8.44. The number of aromatic nitrogens is 2. The molecule has 2 heterocycles. The number of fused-ring (bicyclic) bond motifs is 4. The maximum Gasteiger partial charge on any atom is 0.0974 e. The minimum absolute atomic E-state index is 0.139. The van der Waals surface area contributed by atoms with Crippen LogP contribution in [0.25, 0.3) is 32.9 Å². The van der Waals surface area contributed by atoms with Crippen molar-refractivity contribution in [2.75, 3.05) is 0 Å². The van der Waals surface area contributed by atoms with Crippen molar-refractivity contribution in [2.45, 2.75) is 25.7 Å². The predicted octanol–water partition coefficient (Wildman–Crippen LogP) is 6.45. The van der Waals surface area contributed by atoms with Crippen LogP contribution in [0.1, 0.15) is 23.4 Å². The molecule has 0 saturated heterocycles. The van der Waals surface area contributed by atoms with Gasteiger partial charge in [-0.3, -0.25) is 9.97 Å². The number of hydrogen-bond acceptors (Lipinski definition) is 2. The number of aryl methyl sites for hydroxylation is 2. The molecule has 0 N–H and O–H groups in total. The van der Waals surface area contributed by atoms with Crippen LogP contribution in [0.15, 0.2) is 78.9 Å². The van der Waals surface area contributed by atoms with E-state index in [4.69, 9.17) is 9.97 Å². The molecule has 2 unspecified atom stereocenters. The Morgan fingerprint density at radius 3 is 2.34 bits per heavy atom. The van der Waals surface area contributed by atoms with E-state index in [0.29, 0.717) is 5.92 Å². The molecule has 2 atom stereocenters. The summed E-state index contributed by atoms with van der Waals surface area (Å²) < 4.78 is 0. The molecule has 2 aromatic heterocycles. The van der Waals surface area contributed by atoms with Gasteiger partial charge in [0.15, 0.2) is 0 Å². The van der Waals surface area contributed by atoms with Crippen molar-refractivity contribution in [3.05, 3.63) is 95.9 Å². The largest absolute Gasteiger partial charge is 0.251 e. The molecule has 1 fully saturated rings. The Kier molecular flexibility index (Phi) is 3.37. The van der Waals surface area contributed by atoms with E-state index >= 15 is 0 Å². The van der Waals surface area contributed by atoms with E-state index in [9.17, 15) is 0 Å². The van der Waals surface area contributed by atoms with Crippen LogP contribution in [-0.2, 0) is 5.41 Å². The zero-order valence-corrected chi connectivity index (χ0v) is 16.7. The molecule has 0 aliphatic heterocycles. The van der Waals surface area contributed by atoms with Crippen molar-refractivity contribution in [1.29, 1.82) is 0 Å². The van der Waals surface area contributed by atoms with E-state index in [1.54, 1.807) is 0 Å². The summed E-state index contributed by atoms with van der Waals surface area (Å²) in [6.45, 7) is 4.18. The lowest BCUT2D eigenvalue weighted by atomic mass is 9.87. The highest BCUT2D eigenvalue weighted by atomic mass is 14.8. The fraction of sp³-hybridized carbons (Fsp3) is 0.185. The van der Waals surface area contributed by atoms with Gasteiger partial charge in [0.2, 0.25) is 0 Å². The van der Waals surface area contributed by atoms with Crippen molar-refractivity contribution in [3.8, 4) is 11.1 Å². The molecule has 0 radical (unpaired) electrons. The topological polar surface area (TPSA) is 25.8 Å². The van der Waals surface area contributed by atoms with Gasteiger partial charge < -0.3 is 0 Å². The molecule has 29 heavy (non-hydrogen) atoms. The van der Waals surface area contributed by atoms with Gasteiger partial charge >= 0.3 is 0 Å². The van der Waals surface area contributed by atoms with Gasteiger partial charge in [-0.1, -0.05) is 66.8 Å². The van der Waals surface area contributed by atoms with Crippen LogP contribution >= 0.6 is 0 Å². The molecule has 0 bridgehead atoms. The van der Waals surface area contributed by atoms with Crippen LogP contribution in [0.4, 0.5) is 0 Å². The summed E-state index contributed by atoms with van der Waals surface area (Å²) in [4.78, 5) is 9.94. The molecule has 2 aliphatic rings. The lowest BCUT2D eigenvalue weighted by Crippen LogP contribution is -2.10. The highest BCUT2D eigenvalue weighted by Gasteiger charge is 2.53. The third kappa shape index (κ3) is 2.42. The lowest BCUT2D eigenvalue weighted by molar-refractivity contribution is 0.822. The van der Waals surface area contributed by atoms with Crippen molar-refractivity contribution < 1.29 is 0 Å². The van der Waals surface area contributed by atoms with Gasteiger partial charge in [-0.25, -0.2) is 0 Å². The molecule has 1 saturated carbocycles. The summed E-state index contributed by atoms with van der Waals surface area (Å²) >= 11 is 0. The molecule has 2 aliphatic carbocycles. The van der Waals surface area contributed by atoms with E-state index < -0.39 is 0 Å². The Balaban J connectivity index is 1.68. The maximum absolute atomic E-state index is 4.98. The summed E-state index contributed by atoms with van der Waals surface area (Å²) in [5, 5.41) is 2.41. The molecular formula is C27H22N2. The maximum atomic E-state index is 4.98. The molecule has 0 amide bonds. The Hall–Kier alpha value is -3.26. The first-order valence-corrected chi connectivity index (χ1v) is 10.3. The van der Waals surface area contributed by atoms with Crippen LogP contribution in [0.5, 0.6) is 0 Å². The molecule has 2 heteroatoms. The van der Waals surface area contributed by atoms with Gasteiger partial charge in [0.1, 0.15) is 0 Å². The predicted molar refractivity (Wildman–Crippen MR) is 120 cm³/mol. The number of hydrogen-bond donors (Lipinski definition) is 0. The van der Waals surface area contributed by atoms with Crippen molar-refractivity contribution in [1.82, 2.24) is 9.97 Å². The minimum atomic E-state index is 0.139. The third-order valence-electron chi connectivity index (χ3n) is 6.51. The van der Waals surface area contributed by atoms with E-state index in [2.05, 4.69) is 92.7 Å². The van der Waals surface area contributed by atoms with Gasteiger partial charge in [0, 0.05) is 27.6 Å². The number of rotatable bonds is 2. The lowest BCUT2D eigenvalue weighted by Gasteiger charge is -2.19. The fourth-order valence-electron chi connectivity index (χ4n) is 5.03. The van der Waals surface area contributed by atoms with Crippen LogP contribution < -0.4 is 0 Å². The van der Waals surface area contributed by atoms with Crippen molar-refractivity contribution in [3.63, 3.8) is 0 Å². The summed E-state index contributed by atoms with van der Waals surface area (Å²) in [5.41, 5.74) is 8.11. The Morgan fingerprint density at radius 2 is 1.55 bits per heavy atom. The molecule has 140 valence electrons. The number of pyridine rings is 2. The second-order valence-electron chi connectivity index (χ2n) is 8.44. The summed E-state index contributed by atoms with van der Waals surface area (Å²) in [6, 6.07) is 19.5. The average molecular weight is 374 g/mol. The standard InChI is InChI=1S/C27H22N2/c1-17-14-23(19-8-4-3-5-9-19)21-11-12-22-24(27-13-7-6-10-20(27)16-27)15-18(2)29-26(22)25(21)28-17/h3-15,20H,16H2,1-2H3. The second kappa shape index (κ2) is 5.87. The van der Waals surface area contributed by atoms with Crippen molar-refractivity contribution in [2.24, 2.45) is 5.92 Å². The van der Waals surface area contributed by atoms with Gasteiger partial charge in [0.05, 0.1) is 11.0 Å². The Labute approximate surface area is 170 Å². The summed E-state index contributed by atoms with van der Waals surface area (Å²) in [5.74, 6) is 0.610. The highest BCUT2D eigenvalue weighted by Crippen LogP contribution is 2.59. The normalized spacial score (nSPS) is 22.2. The van der Waals surface area contributed by atoms with Crippen molar-refractivity contribution >= 4 is 21.8 Å². The number of nitrogens with zero attached hydrogens (tertiary/aromatic N) is 2. The summed E-state index contributed by atoms with van der Waals surface area (Å²) in [6.07, 6.45) is 10.3. The van der Waals surface area contributed by atoms with E-state index in [1.165, 1.54) is 33.9 Å². The number of allylic oxidation sites excluding steroid dienone is 4. The molecular weight excluding hydrogens is 352 g/mol. The first-order chi connectivity index (χ1) is 14.2.